The molecule has 34 heavy (non-hydrogen) atoms. The van der Waals surface area contributed by atoms with Crippen LogP contribution in [0.2, 0.25) is 0 Å². The van der Waals surface area contributed by atoms with Crippen molar-refractivity contribution in [2.24, 2.45) is 0 Å². The van der Waals surface area contributed by atoms with Crippen LogP contribution in [0.15, 0.2) is 47.6 Å². The van der Waals surface area contributed by atoms with Crippen LogP contribution in [0.4, 0.5) is 11.6 Å². The molecule has 3 heterocycles. The van der Waals surface area contributed by atoms with Gasteiger partial charge in [-0.15, -0.1) is 0 Å². The monoisotopic (exact) mass is 484 g/mol. The number of hydrogen-bond donors (Lipinski definition) is 1. The van der Waals surface area contributed by atoms with E-state index in [0.717, 1.165) is 55.7 Å². The van der Waals surface area contributed by atoms with E-state index in [1.807, 2.05) is 19.2 Å². The lowest BCUT2D eigenvalue weighted by Gasteiger charge is -2.26. The largest absolute Gasteiger partial charge is 0.379 e. The molecule has 0 radical (unpaired) electrons. The zero-order valence-corrected chi connectivity index (χ0v) is 20.8. The van der Waals surface area contributed by atoms with Crippen LogP contribution in [-0.2, 0) is 14.6 Å². The molecule has 3 aromatic rings. The topological polar surface area (TPSA) is 102 Å². The van der Waals surface area contributed by atoms with Crippen LogP contribution >= 0.6 is 0 Å². The van der Waals surface area contributed by atoms with Crippen molar-refractivity contribution in [1.82, 2.24) is 24.4 Å². The molecule has 9 nitrogen and oxygen atoms in total. The molecule has 10 heteroatoms. The lowest BCUT2D eigenvalue weighted by Crippen LogP contribution is -2.37. The van der Waals surface area contributed by atoms with Gasteiger partial charge in [0.15, 0.2) is 9.84 Å². The van der Waals surface area contributed by atoms with Gasteiger partial charge >= 0.3 is 0 Å². The minimum Gasteiger partial charge on any atom is -0.379 e. The lowest BCUT2D eigenvalue weighted by molar-refractivity contribution is 0.0381. The summed E-state index contributed by atoms with van der Waals surface area (Å²) in [7, 11) is -3.33. The van der Waals surface area contributed by atoms with Crippen molar-refractivity contribution in [3.8, 4) is 11.4 Å². The van der Waals surface area contributed by atoms with Crippen molar-refractivity contribution < 1.29 is 13.2 Å². The summed E-state index contributed by atoms with van der Waals surface area (Å²) in [4.78, 5) is 15.9. The third-order valence-electron chi connectivity index (χ3n) is 5.88. The molecule has 1 aliphatic rings. The highest BCUT2D eigenvalue weighted by molar-refractivity contribution is 7.91. The van der Waals surface area contributed by atoms with Gasteiger partial charge in [0.05, 0.1) is 41.4 Å². The maximum absolute atomic E-state index is 12.7. The molecule has 1 N–H and O–H groups in total. The number of hydrogen-bond acceptors (Lipinski definition) is 8. The van der Waals surface area contributed by atoms with Crippen LogP contribution in [0, 0.1) is 6.92 Å². The highest BCUT2D eigenvalue weighted by Crippen LogP contribution is 2.24. The van der Waals surface area contributed by atoms with Gasteiger partial charge in [0.1, 0.15) is 5.82 Å². The second kappa shape index (κ2) is 10.6. The number of morpholine rings is 1. The fourth-order valence-electron chi connectivity index (χ4n) is 4.15. The summed E-state index contributed by atoms with van der Waals surface area (Å²) in [6, 6.07) is 8.86. The molecule has 1 saturated heterocycles. The van der Waals surface area contributed by atoms with E-state index < -0.39 is 9.84 Å². The Morgan fingerprint density at radius 2 is 1.82 bits per heavy atom. The van der Waals surface area contributed by atoms with Crippen molar-refractivity contribution in [2.75, 3.05) is 43.9 Å². The third-order valence-corrected chi connectivity index (χ3v) is 7.69. The predicted molar refractivity (Wildman–Crippen MR) is 132 cm³/mol. The Balaban J connectivity index is 1.40. The molecule has 4 rings (SSSR count). The Morgan fingerprint density at radius 3 is 2.53 bits per heavy atom. The molecule has 0 amide bonds. The first-order chi connectivity index (χ1) is 16.3. The molecule has 0 bridgehead atoms. The van der Waals surface area contributed by atoms with Crippen molar-refractivity contribution in [2.45, 2.75) is 38.1 Å². The van der Waals surface area contributed by atoms with E-state index in [2.05, 4.69) is 43.6 Å². The van der Waals surface area contributed by atoms with Crippen molar-refractivity contribution in [1.29, 1.82) is 0 Å². The number of nitrogens with one attached hydrogen (secondary N) is 1. The van der Waals surface area contributed by atoms with Gasteiger partial charge in [0.25, 0.3) is 0 Å². The van der Waals surface area contributed by atoms with E-state index in [1.165, 1.54) is 0 Å². The van der Waals surface area contributed by atoms with E-state index >= 15 is 0 Å². The Kier molecular flexibility index (Phi) is 7.60. The van der Waals surface area contributed by atoms with Gasteiger partial charge in [-0.2, -0.15) is 0 Å². The molecular weight excluding hydrogens is 452 g/mol. The van der Waals surface area contributed by atoms with Gasteiger partial charge in [-0.1, -0.05) is 0 Å². The number of rotatable bonds is 9. The van der Waals surface area contributed by atoms with Crippen molar-refractivity contribution >= 4 is 21.5 Å². The number of nitrogens with zero attached hydrogens (tertiary/aromatic N) is 5. The lowest BCUT2D eigenvalue weighted by atomic mass is 10.2. The molecule has 182 valence electrons. The summed E-state index contributed by atoms with van der Waals surface area (Å²) in [6.07, 6.45) is 4.13. The summed E-state index contributed by atoms with van der Waals surface area (Å²) in [5.74, 6) is 1.50. The fourth-order valence-corrected chi connectivity index (χ4v) is 5.45. The number of anilines is 2. The van der Waals surface area contributed by atoms with Crippen LogP contribution < -0.4 is 5.32 Å². The second-order valence-electron chi connectivity index (χ2n) is 8.70. The van der Waals surface area contributed by atoms with Gasteiger partial charge in [-0.25, -0.2) is 23.4 Å². The summed E-state index contributed by atoms with van der Waals surface area (Å²) in [5, 5.41) is 3.17. The van der Waals surface area contributed by atoms with Crippen LogP contribution in [0.25, 0.3) is 11.4 Å². The van der Waals surface area contributed by atoms with Gasteiger partial charge in [-0.05, 0) is 64.1 Å². The normalized spacial score (nSPS) is 15.1. The second-order valence-corrected chi connectivity index (χ2v) is 10.8. The molecule has 2 aromatic heterocycles. The number of sulfone groups is 1. The van der Waals surface area contributed by atoms with Gasteiger partial charge < -0.3 is 14.6 Å². The standard InChI is InChI=1S/C24H32N6O3S/c1-18(2)30-19(3)26-17-23(30)22-9-10-25-24(28-22)27-20-5-7-21(8-6-20)34(31,32)16-4-11-29-12-14-33-15-13-29/h5-10,17-18H,4,11-16H2,1-3H3,(H,25,27,28). The first-order valence-corrected chi connectivity index (χ1v) is 13.3. The molecule has 0 unspecified atom stereocenters. The molecule has 0 saturated carbocycles. The minimum atomic E-state index is -3.33. The summed E-state index contributed by atoms with van der Waals surface area (Å²) < 4.78 is 32.9. The Bertz CT molecular complexity index is 1200. The maximum Gasteiger partial charge on any atom is 0.227 e. The third kappa shape index (κ3) is 5.81. The Hall–Kier alpha value is -2.82. The Labute approximate surface area is 201 Å². The summed E-state index contributed by atoms with van der Waals surface area (Å²) in [6.45, 7) is 10.1. The highest BCUT2D eigenvalue weighted by Gasteiger charge is 2.17. The average molecular weight is 485 g/mol. The smallest absolute Gasteiger partial charge is 0.227 e. The number of aromatic nitrogens is 4. The number of benzene rings is 1. The molecule has 1 aliphatic heterocycles. The van der Waals surface area contributed by atoms with E-state index in [9.17, 15) is 8.42 Å². The van der Waals surface area contributed by atoms with Gasteiger partial charge in [-0.3, -0.25) is 4.90 Å². The Morgan fingerprint density at radius 1 is 1.09 bits per heavy atom. The molecule has 1 aromatic carbocycles. The molecule has 1 fully saturated rings. The SMILES string of the molecule is Cc1ncc(-c2ccnc(Nc3ccc(S(=O)(=O)CCCN4CCOCC4)cc3)n2)n1C(C)C. The van der Waals surface area contributed by atoms with Crippen molar-refractivity contribution in [3.05, 3.63) is 48.5 Å². The molecule has 0 aliphatic carbocycles. The first-order valence-electron chi connectivity index (χ1n) is 11.6. The predicted octanol–water partition coefficient (Wildman–Crippen LogP) is 3.47. The van der Waals surface area contributed by atoms with Crippen LogP contribution in [0.5, 0.6) is 0 Å². The van der Waals surface area contributed by atoms with E-state index in [1.54, 1.807) is 30.5 Å². The van der Waals surface area contributed by atoms with Crippen molar-refractivity contribution in [3.63, 3.8) is 0 Å². The summed E-state index contributed by atoms with van der Waals surface area (Å²) in [5.41, 5.74) is 2.42. The van der Waals surface area contributed by atoms with Crippen LogP contribution in [-0.4, -0.2) is 71.4 Å². The first kappa shape index (κ1) is 24.3. The van der Waals surface area contributed by atoms with Gasteiger partial charge in [0.2, 0.25) is 5.95 Å². The van der Waals surface area contributed by atoms with Gasteiger partial charge in [0, 0.05) is 31.0 Å². The molecular formula is C24H32N6O3S. The van der Waals surface area contributed by atoms with E-state index in [0.29, 0.717) is 17.3 Å². The average Bonchev–Trinajstić information content (AvgIpc) is 3.22. The zero-order chi connectivity index (χ0) is 24.1. The molecule has 0 atom stereocenters. The zero-order valence-electron chi connectivity index (χ0n) is 19.9. The van der Waals surface area contributed by atoms with E-state index in [-0.39, 0.29) is 11.8 Å². The summed E-state index contributed by atoms with van der Waals surface area (Å²) >= 11 is 0. The van der Waals surface area contributed by atoms with Crippen LogP contribution in [0.3, 0.4) is 0 Å². The maximum atomic E-state index is 12.7. The number of ether oxygens (including phenoxy) is 1. The number of aryl methyl sites for hydroxylation is 1. The molecule has 0 spiro atoms. The minimum absolute atomic E-state index is 0.130. The number of imidazole rings is 1. The quantitative estimate of drug-likeness (QED) is 0.493. The fraction of sp³-hybridized carbons (Fsp3) is 0.458. The van der Waals surface area contributed by atoms with Crippen LogP contribution in [0.1, 0.15) is 32.1 Å². The highest BCUT2D eigenvalue weighted by atomic mass is 32.2. The van der Waals surface area contributed by atoms with E-state index in [4.69, 9.17) is 4.74 Å².